The number of hydrogen-bond donors (Lipinski definition) is 0. The summed E-state index contributed by atoms with van der Waals surface area (Å²) in [5.41, 5.74) is 2.12. The zero-order chi connectivity index (χ0) is 16.2. The number of nitro benzene ring substituents is 1. The number of anilines is 2. The molecule has 3 aromatic rings. The molecule has 1 heterocycles. The van der Waals surface area contributed by atoms with E-state index >= 15 is 0 Å². The molecule has 0 atom stereocenters. The molecule has 0 aliphatic heterocycles. The van der Waals surface area contributed by atoms with E-state index in [1.807, 2.05) is 5.01 Å². The predicted molar refractivity (Wildman–Crippen MR) is 84.0 cm³/mol. The maximum atomic E-state index is 10.8. The van der Waals surface area contributed by atoms with Crippen LogP contribution in [0, 0.1) is 21.4 Å². The fraction of sp³-hybridized carbons (Fsp3) is 0. The first-order chi connectivity index (χ1) is 11.2. The SMILES string of the molecule is N#Cc1ccc(N(c2ccc([N+](=O)[O-])cc2)n2ccnc2)cc1. The number of imidazole rings is 1. The molecule has 0 unspecified atom stereocenters. The van der Waals surface area contributed by atoms with Crippen molar-refractivity contribution in [3.05, 3.63) is 82.9 Å². The smallest absolute Gasteiger partial charge is 0.258 e. The Hall–Kier alpha value is -3.66. The normalized spacial score (nSPS) is 10.0. The van der Waals surface area contributed by atoms with Gasteiger partial charge in [0.15, 0.2) is 0 Å². The molecule has 0 N–H and O–H groups in total. The summed E-state index contributed by atoms with van der Waals surface area (Å²) in [5.74, 6) is 0. The molecule has 0 saturated carbocycles. The summed E-state index contributed by atoms with van der Waals surface area (Å²) in [7, 11) is 0. The van der Waals surface area contributed by atoms with Gasteiger partial charge in [-0.25, -0.2) is 14.7 Å². The molecule has 0 spiro atoms. The van der Waals surface area contributed by atoms with Crippen LogP contribution < -0.4 is 5.01 Å². The van der Waals surface area contributed by atoms with Crippen molar-refractivity contribution in [1.29, 1.82) is 5.26 Å². The third-order valence-corrected chi connectivity index (χ3v) is 3.27. The summed E-state index contributed by atoms with van der Waals surface area (Å²) < 4.78 is 1.75. The molecule has 0 amide bonds. The molecule has 0 bridgehead atoms. The second-order valence-electron chi connectivity index (χ2n) is 4.69. The largest absolute Gasteiger partial charge is 0.269 e. The van der Waals surface area contributed by atoms with E-state index in [1.54, 1.807) is 59.8 Å². The lowest BCUT2D eigenvalue weighted by molar-refractivity contribution is -0.384. The predicted octanol–water partition coefficient (Wildman–Crippen LogP) is 3.26. The minimum atomic E-state index is -0.437. The van der Waals surface area contributed by atoms with Crippen molar-refractivity contribution in [2.45, 2.75) is 0 Å². The minimum absolute atomic E-state index is 0.0270. The summed E-state index contributed by atoms with van der Waals surface area (Å²) >= 11 is 0. The molecule has 3 rings (SSSR count). The van der Waals surface area contributed by atoms with Crippen LogP contribution in [-0.2, 0) is 0 Å². The van der Waals surface area contributed by atoms with Gasteiger partial charge in [0.25, 0.3) is 5.69 Å². The molecule has 0 radical (unpaired) electrons. The quantitative estimate of drug-likeness (QED) is 0.545. The van der Waals surface area contributed by atoms with Crippen LogP contribution >= 0.6 is 0 Å². The van der Waals surface area contributed by atoms with Gasteiger partial charge >= 0.3 is 0 Å². The number of benzene rings is 2. The average molecular weight is 305 g/mol. The molecular weight excluding hydrogens is 294 g/mol. The second-order valence-corrected chi connectivity index (χ2v) is 4.69. The lowest BCUT2D eigenvalue weighted by atomic mass is 10.2. The van der Waals surface area contributed by atoms with E-state index < -0.39 is 4.92 Å². The van der Waals surface area contributed by atoms with E-state index in [2.05, 4.69) is 11.1 Å². The highest BCUT2D eigenvalue weighted by Crippen LogP contribution is 2.28. The summed E-state index contributed by atoms with van der Waals surface area (Å²) in [6.45, 7) is 0. The number of hydrogen-bond acceptors (Lipinski definition) is 5. The Kier molecular flexibility index (Phi) is 3.72. The van der Waals surface area contributed by atoms with Gasteiger partial charge in [0.1, 0.15) is 6.33 Å². The fourth-order valence-corrected chi connectivity index (χ4v) is 2.18. The monoisotopic (exact) mass is 305 g/mol. The van der Waals surface area contributed by atoms with Crippen LogP contribution in [0.4, 0.5) is 17.1 Å². The minimum Gasteiger partial charge on any atom is -0.258 e. The first-order valence-electron chi connectivity index (χ1n) is 6.72. The Bertz CT molecular complexity index is 849. The third-order valence-electron chi connectivity index (χ3n) is 3.27. The van der Waals surface area contributed by atoms with Crippen LogP contribution in [-0.4, -0.2) is 14.6 Å². The highest BCUT2D eigenvalue weighted by Gasteiger charge is 2.13. The van der Waals surface area contributed by atoms with Crippen molar-refractivity contribution in [2.75, 3.05) is 5.01 Å². The lowest BCUT2D eigenvalue weighted by Gasteiger charge is -2.25. The standard InChI is InChI=1S/C16H11N5O2/c17-11-13-1-3-14(4-2-13)20(19-10-9-18-12-19)15-5-7-16(8-6-15)21(22)23/h1-10,12H. The van der Waals surface area contributed by atoms with E-state index in [0.29, 0.717) is 5.56 Å². The first kappa shape index (κ1) is 14.3. The summed E-state index contributed by atoms with van der Waals surface area (Å²) in [5, 5.41) is 21.5. The van der Waals surface area contributed by atoms with Crippen LogP contribution in [0.15, 0.2) is 67.3 Å². The number of rotatable bonds is 4. The molecule has 23 heavy (non-hydrogen) atoms. The highest BCUT2D eigenvalue weighted by atomic mass is 16.6. The fourth-order valence-electron chi connectivity index (χ4n) is 2.18. The Balaban J connectivity index is 2.05. The molecule has 0 aliphatic carbocycles. The van der Waals surface area contributed by atoms with Crippen LogP contribution in [0.3, 0.4) is 0 Å². The van der Waals surface area contributed by atoms with E-state index in [1.165, 1.54) is 12.1 Å². The molecule has 0 fully saturated rings. The van der Waals surface area contributed by atoms with Gasteiger partial charge in [0, 0.05) is 24.5 Å². The van der Waals surface area contributed by atoms with Gasteiger partial charge in [0.05, 0.1) is 27.9 Å². The Morgan fingerprint density at radius 2 is 1.70 bits per heavy atom. The molecular formula is C16H11N5O2. The Morgan fingerprint density at radius 1 is 1.09 bits per heavy atom. The topological polar surface area (TPSA) is 88.0 Å². The van der Waals surface area contributed by atoms with Crippen molar-refractivity contribution < 1.29 is 4.92 Å². The zero-order valence-electron chi connectivity index (χ0n) is 11.9. The molecule has 0 aliphatic rings. The van der Waals surface area contributed by atoms with Crippen LogP contribution in [0.1, 0.15) is 5.56 Å². The van der Waals surface area contributed by atoms with Crippen molar-refractivity contribution >= 4 is 17.1 Å². The van der Waals surface area contributed by atoms with E-state index in [4.69, 9.17) is 5.26 Å². The average Bonchev–Trinajstić information content (AvgIpc) is 3.10. The number of non-ortho nitro benzene ring substituents is 1. The van der Waals surface area contributed by atoms with Gasteiger partial charge in [-0.15, -0.1) is 0 Å². The lowest BCUT2D eigenvalue weighted by Crippen LogP contribution is -2.22. The summed E-state index contributed by atoms with van der Waals surface area (Å²) in [4.78, 5) is 14.4. The van der Waals surface area contributed by atoms with Crippen LogP contribution in [0.2, 0.25) is 0 Å². The summed E-state index contributed by atoms with van der Waals surface area (Å²) in [6, 6.07) is 15.3. The maximum absolute atomic E-state index is 10.8. The van der Waals surface area contributed by atoms with E-state index in [-0.39, 0.29) is 5.69 Å². The van der Waals surface area contributed by atoms with Gasteiger partial charge in [-0.3, -0.25) is 10.1 Å². The van der Waals surface area contributed by atoms with Crippen molar-refractivity contribution in [3.8, 4) is 6.07 Å². The molecule has 7 nitrogen and oxygen atoms in total. The first-order valence-corrected chi connectivity index (χ1v) is 6.72. The Morgan fingerprint density at radius 3 is 2.17 bits per heavy atom. The molecule has 7 heteroatoms. The van der Waals surface area contributed by atoms with E-state index in [9.17, 15) is 10.1 Å². The number of nitro groups is 1. The number of aromatic nitrogens is 2. The molecule has 0 saturated heterocycles. The highest BCUT2D eigenvalue weighted by molar-refractivity contribution is 5.64. The van der Waals surface area contributed by atoms with Crippen molar-refractivity contribution in [1.82, 2.24) is 9.66 Å². The van der Waals surface area contributed by atoms with Gasteiger partial charge in [-0.05, 0) is 36.4 Å². The van der Waals surface area contributed by atoms with Gasteiger partial charge in [-0.2, -0.15) is 5.26 Å². The number of nitrogens with zero attached hydrogens (tertiary/aromatic N) is 5. The van der Waals surface area contributed by atoms with Crippen LogP contribution in [0.25, 0.3) is 0 Å². The third kappa shape index (κ3) is 2.87. The van der Waals surface area contributed by atoms with Crippen molar-refractivity contribution in [2.24, 2.45) is 0 Å². The number of nitriles is 1. The van der Waals surface area contributed by atoms with Gasteiger partial charge in [0.2, 0.25) is 0 Å². The molecule has 2 aromatic carbocycles. The Labute approximate surface area is 131 Å². The summed E-state index contributed by atoms with van der Waals surface area (Å²) in [6.07, 6.45) is 5.03. The molecule has 1 aromatic heterocycles. The van der Waals surface area contributed by atoms with Crippen molar-refractivity contribution in [3.63, 3.8) is 0 Å². The van der Waals surface area contributed by atoms with Crippen LogP contribution in [0.5, 0.6) is 0 Å². The van der Waals surface area contributed by atoms with E-state index in [0.717, 1.165) is 11.4 Å². The van der Waals surface area contributed by atoms with Gasteiger partial charge < -0.3 is 0 Å². The second kappa shape index (κ2) is 5.99. The zero-order valence-corrected chi connectivity index (χ0v) is 11.9. The maximum Gasteiger partial charge on any atom is 0.269 e. The van der Waals surface area contributed by atoms with Gasteiger partial charge in [-0.1, -0.05) is 0 Å². The molecule has 112 valence electrons.